The van der Waals surface area contributed by atoms with E-state index in [-0.39, 0.29) is 11.5 Å². The number of aromatic amines is 1. The molecule has 6 nitrogen and oxygen atoms in total. The molecule has 0 aliphatic rings. The number of fused-ring (bicyclic) bond motifs is 1. The molecule has 0 spiro atoms. The Bertz CT molecular complexity index is 550. The maximum absolute atomic E-state index is 11.5. The largest absolute Gasteiger partial charge is 0.368 e. The molecular weight excluding hydrogens is 230 g/mol. The number of aromatic nitrogens is 4. The Balaban J connectivity index is 1.84. The summed E-state index contributed by atoms with van der Waals surface area (Å²) in [7, 11) is 0. The predicted molar refractivity (Wildman–Crippen MR) is 71.6 cm³/mol. The van der Waals surface area contributed by atoms with Crippen molar-refractivity contribution in [2.75, 3.05) is 5.73 Å². The molecule has 100 valence electrons. The van der Waals surface area contributed by atoms with Crippen LogP contribution in [-0.4, -0.2) is 19.4 Å². The van der Waals surface area contributed by atoms with Gasteiger partial charge in [-0.3, -0.25) is 14.5 Å². The highest BCUT2D eigenvalue weighted by molar-refractivity contribution is 5.43. The molecular formula is C12H21N5O. The molecule has 0 aliphatic heterocycles. The van der Waals surface area contributed by atoms with Crippen molar-refractivity contribution in [2.45, 2.75) is 52.0 Å². The lowest BCUT2D eigenvalue weighted by Gasteiger charge is -2.16. The maximum atomic E-state index is 11.5. The summed E-state index contributed by atoms with van der Waals surface area (Å²) in [5.74, 6) is 0.157. The molecule has 2 rings (SSSR count). The summed E-state index contributed by atoms with van der Waals surface area (Å²) >= 11 is 0. The van der Waals surface area contributed by atoms with E-state index in [0.717, 1.165) is 13.0 Å². The van der Waals surface area contributed by atoms with E-state index in [4.69, 9.17) is 5.73 Å². The number of nitrogens with one attached hydrogen (secondary N) is 1. The minimum Gasteiger partial charge on any atom is -0.368 e. The van der Waals surface area contributed by atoms with Crippen molar-refractivity contribution in [3.63, 3.8) is 0 Å². The Kier molecular flexibility index (Phi) is 4.07. The number of nitrogens with zero attached hydrogens (tertiary/aromatic N) is 3. The Morgan fingerprint density at radius 3 is 2.78 bits per heavy atom. The summed E-state index contributed by atoms with van der Waals surface area (Å²) in [6.07, 6.45) is 9.34. The first kappa shape index (κ1) is 12.7. The number of nitrogens with two attached hydrogens (primary N) is 1. The summed E-state index contributed by atoms with van der Waals surface area (Å²) < 4.78 is 3.51. The third-order valence-corrected chi connectivity index (χ3v) is 3.15. The van der Waals surface area contributed by atoms with E-state index in [1.54, 1.807) is 4.63 Å². The maximum Gasteiger partial charge on any atom is 0.280 e. The lowest BCUT2D eigenvalue weighted by molar-refractivity contribution is 0.455. The molecule has 0 aliphatic carbocycles. The molecule has 0 saturated heterocycles. The van der Waals surface area contributed by atoms with Gasteiger partial charge in [-0.1, -0.05) is 39.0 Å². The van der Waals surface area contributed by atoms with Crippen LogP contribution < -0.4 is 11.3 Å². The van der Waals surface area contributed by atoms with Crippen molar-refractivity contribution in [3.05, 3.63) is 16.6 Å². The van der Waals surface area contributed by atoms with Crippen molar-refractivity contribution in [3.8, 4) is 0 Å². The molecule has 18 heavy (non-hydrogen) atoms. The van der Waals surface area contributed by atoms with Crippen LogP contribution in [-0.2, 0) is 6.54 Å². The van der Waals surface area contributed by atoms with Crippen LogP contribution in [0, 0.1) is 0 Å². The summed E-state index contributed by atoms with van der Waals surface area (Å²) in [5.41, 5.74) is 5.89. The van der Waals surface area contributed by atoms with Crippen LogP contribution in [0.4, 0.5) is 5.95 Å². The van der Waals surface area contributed by atoms with Crippen molar-refractivity contribution in [1.29, 1.82) is 0 Å². The molecule has 0 radical (unpaired) electrons. The van der Waals surface area contributed by atoms with Gasteiger partial charge in [-0.25, -0.2) is 0 Å². The Morgan fingerprint density at radius 2 is 2.00 bits per heavy atom. The summed E-state index contributed by atoms with van der Waals surface area (Å²) in [5, 5.41) is 4.06. The molecule has 0 bridgehead atoms. The van der Waals surface area contributed by atoms with E-state index in [9.17, 15) is 4.79 Å². The van der Waals surface area contributed by atoms with Crippen LogP contribution in [0.25, 0.3) is 5.52 Å². The number of hydrogen-bond donors (Lipinski definition) is 2. The van der Waals surface area contributed by atoms with E-state index >= 15 is 0 Å². The molecule has 0 fully saturated rings. The van der Waals surface area contributed by atoms with Crippen LogP contribution in [0.5, 0.6) is 0 Å². The minimum atomic E-state index is -0.179. The zero-order valence-electron chi connectivity index (χ0n) is 10.9. The number of aryl methyl sites for hydroxylation is 1. The fourth-order valence-corrected chi connectivity index (χ4v) is 2.11. The number of anilines is 1. The standard InChI is InChI=1S/C12H21N5O/c1-2-3-4-5-6-7-8-16-9-10-11(18)14-12(13)15-17(10)16/h9H,2-8H2,1H3,(H3,13,14,15,18). The molecule has 0 saturated carbocycles. The van der Waals surface area contributed by atoms with Crippen molar-refractivity contribution >= 4 is 11.5 Å². The van der Waals surface area contributed by atoms with Gasteiger partial charge >= 0.3 is 0 Å². The molecule has 0 atom stereocenters. The van der Waals surface area contributed by atoms with Gasteiger partial charge in [0, 0.05) is 6.54 Å². The molecule has 0 unspecified atom stereocenters. The number of nitrogen functional groups attached to an aromatic ring is 1. The van der Waals surface area contributed by atoms with Gasteiger partial charge in [-0.05, 0) is 6.42 Å². The van der Waals surface area contributed by atoms with E-state index < -0.39 is 0 Å². The Labute approximate surface area is 106 Å². The zero-order chi connectivity index (χ0) is 13.0. The van der Waals surface area contributed by atoms with E-state index in [2.05, 4.69) is 17.0 Å². The second kappa shape index (κ2) is 5.75. The van der Waals surface area contributed by atoms with E-state index in [0.29, 0.717) is 5.52 Å². The molecule has 2 aromatic heterocycles. The van der Waals surface area contributed by atoms with Crippen LogP contribution in [0.15, 0.2) is 11.0 Å². The van der Waals surface area contributed by atoms with Gasteiger partial charge in [0.2, 0.25) is 5.95 Å². The van der Waals surface area contributed by atoms with Gasteiger partial charge in [0.15, 0.2) is 5.52 Å². The molecule has 2 aromatic rings. The molecule has 0 amide bonds. The van der Waals surface area contributed by atoms with Gasteiger partial charge in [0.25, 0.3) is 5.56 Å². The first-order chi connectivity index (χ1) is 8.72. The van der Waals surface area contributed by atoms with E-state index in [1.165, 1.54) is 32.1 Å². The highest BCUT2D eigenvalue weighted by Gasteiger charge is 2.08. The minimum absolute atomic E-state index is 0.157. The molecule has 0 aromatic carbocycles. The number of unbranched alkanes of at least 4 members (excludes halogenated alkanes) is 5. The summed E-state index contributed by atoms with van der Waals surface area (Å²) in [6, 6.07) is 0. The van der Waals surface area contributed by atoms with Gasteiger partial charge in [0.1, 0.15) is 0 Å². The van der Waals surface area contributed by atoms with Crippen molar-refractivity contribution in [2.24, 2.45) is 0 Å². The van der Waals surface area contributed by atoms with Crippen molar-refractivity contribution in [1.82, 2.24) is 19.4 Å². The third-order valence-electron chi connectivity index (χ3n) is 3.15. The van der Waals surface area contributed by atoms with Gasteiger partial charge < -0.3 is 5.73 Å². The lowest BCUT2D eigenvalue weighted by Crippen LogP contribution is -2.27. The molecule has 2 heterocycles. The van der Waals surface area contributed by atoms with Crippen LogP contribution in [0.1, 0.15) is 45.4 Å². The number of H-pyrrole nitrogens is 1. The normalized spacial score (nSPS) is 11.4. The smallest absolute Gasteiger partial charge is 0.280 e. The first-order valence-corrected chi connectivity index (χ1v) is 6.66. The lowest BCUT2D eigenvalue weighted by atomic mass is 10.1. The topological polar surface area (TPSA) is 81.1 Å². The van der Waals surface area contributed by atoms with Crippen LogP contribution >= 0.6 is 0 Å². The van der Waals surface area contributed by atoms with Gasteiger partial charge in [-0.15, -0.1) is 5.10 Å². The molecule has 6 heteroatoms. The number of hydrogen-bond acceptors (Lipinski definition) is 3. The Morgan fingerprint density at radius 1 is 1.28 bits per heavy atom. The second-order valence-electron chi connectivity index (χ2n) is 4.67. The fraction of sp³-hybridized carbons (Fsp3) is 0.667. The Hall–Kier alpha value is -1.72. The SMILES string of the molecule is CCCCCCCCn1cc2c(=O)[nH]c(N)nn21. The predicted octanol–water partition coefficient (Wildman–Crippen LogP) is 1.77. The van der Waals surface area contributed by atoms with E-state index in [1.807, 2.05) is 10.9 Å². The van der Waals surface area contributed by atoms with Gasteiger partial charge in [-0.2, -0.15) is 4.63 Å². The number of rotatable bonds is 7. The summed E-state index contributed by atoms with van der Waals surface area (Å²) in [4.78, 5) is 13.9. The van der Waals surface area contributed by atoms with Gasteiger partial charge in [0.05, 0.1) is 6.20 Å². The van der Waals surface area contributed by atoms with Crippen LogP contribution in [0.2, 0.25) is 0 Å². The van der Waals surface area contributed by atoms with Crippen molar-refractivity contribution < 1.29 is 0 Å². The van der Waals surface area contributed by atoms with Crippen LogP contribution in [0.3, 0.4) is 0 Å². The second-order valence-corrected chi connectivity index (χ2v) is 4.67. The first-order valence-electron chi connectivity index (χ1n) is 6.66. The summed E-state index contributed by atoms with van der Waals surface area (Å²) in [6.45, 7) is 3.11. The highest BCUT2D eigenvalue weighted by Crippen LogP contribution is 2.08. The highest BCUT2D eigenvalue weighted by atomic mass is 16.1. The zero-order valence-corrected chi connectivity index (χ0v) is 10.9. The third kappa shape index (κ3) is 2.75. The average molecular weight is 251 g/mol. The fourth-order valence-electron chi connectivity index (χ4n) is 2.11. The monoisotopic (exact) mass is 251 g/mol. The average Bonchev–Trinajstić information content (AvgIpc) is 2.32. The molecule has 3 N–H and O–H groups in total. The quantitative estimate of drug-likeness (QED) is 0.736.